The van der Waals surface area contributed by atoms with Crippen molar-refractivity contribution in [2.45, 2.75) is 6.42 Å². The number of hydrogen-bond acceptors (Lipinski definition) is 2. The molecule has 0 spiro atoms. The number of nitrogens with zero attached hydrogens (tertiary/aromatic N) is 2. The third kappa shape index (κ3) is 4.90. The van der Waals surface area contributed by atoms with E-state index >= 15 is 0 Å². The van der Waals surface area contributed by atoms with Crippen LogP contribution in [0.25, 0.3) is 110 Å². The molecule has 0 radical (unpaired) electrons. The van der Waals surface area contributed by atoms with Crippen LogP contribution in [0.15, 0.2) is 203 Å². The Morgan fingerprint density at radius 1 is 0.288 bits per heavy atom. The van der Waals surface area contributed by atoms with Gasteiger partial charge in [0, 0.05) is 66.6 Å². The van der Waals surface area contributed by atoms with Crippen molar-refractivity contribution in [1.29, 1.82) is 0 Å². The summed E-state index contributed by atoms with van der Waals surface area (Å²) in [4.78, 5) is 0. The molecule has 0 atom stereocenters. The van der Waals surface area contributed by atoms with Gasteiger partial charge in [-0.15, -0.1) is 0 Å². The van der Waals surface area contributed by atoms with Crippen LogP contribution in [0.4, 0.5) is 0 Å². The molecule has 4 heterocycles. The number of fused-ring (bicyclic) bond motifs is 12. The van der Waals surface area contributed by atoms with Crippen molar-refractivity contribution in [2.24, 2.45) is 0 Å². The molecule has 4 nitrogen and oxygen atoms in total. The van der Waals surface area contributed by atoms with E-state index in [0.29, 0.717) is 0 Å². The second-order valence-corrected chi connectivity index (χ2v) is 15.7. The van der Waals surface area contributed by atoms with Gasteiger partial charge >= 0.3 is 0 Å². The summed E-state index contributed by atoms with van der Waals surface area (Å²) in [6.45, 7) is 0. The fourth-order valence-corrected chi connectivity index (χ4v) is 9.61. The van der Waals surface area contributed by atoms with Crippen LogP contribution in [-0.2, 0) is 6.42 Å². The first-order valence-electron chi connectivity index (χ1n) is 20.2. The van der Waals surface area contributed by atoms with Crippen LogP contribution in [0.2, 0.25) is 0 Å². The van der Waals surface area contributed by atoms with E-state index in [2.05, 4.69) is 197 Å². The SMILES string of the molecule is c1ccc(Cc2cccc(-n3c4ccc(-c5ccc6c(c5)oc5cc7c(cc56)c5ccccc5n7-c5ccccc5)cc4c4cc5c(cc43)oc3ccccc35)c2)cc1. The van der Waals surface area contributed by atoms with E-state index in [1.165, 1.54) is 38.2 Å². The largest absolute Gasteiger partial charge is 0.456 e. The third-order valence-corrected chi connectivity index (χ3v) is 12.3. The maximum absolute atomic E-state index is 6.74. The first-order valence-corrected chi connectivity index (χ1v) is 20.2. The molecule has 0 unspecified atom stereocenters. The number of aromatic nitrogens is 2. The minimum atomic E-state index is 0.870. The number of furan rings is 2. The third-order valence-electron chi connectivity index (χ3n) is 12.3. The summed E-state index contributed by atoms with van der Waals surface area (Å²) >= 11 is 0. The van der Waals surface area contributed by atoms with Gasteiger partial charge in [0.25, 0.3) is 0 Å². The minimum absolute atomic E-state index is 0.870. The quantitative estimate of drug-likeness (QED) is 0.175. The molecule has 13 rings (SSSR count). The van der Waals surface area contributed by atoms with Gasteiger partial charge in [0.05, 0.1) is 22.1 Å². The second kappa shape index (κ2) is 12.3. The predicted molar refractivity (Wildman–Crippen MR) is 244 cm³/mol. The van der Waals surface area contributed by atoms with E-state index in [0.717, 1.165) is 89.3 Å². The Bertz CT molecular complexity index is 3810. The maximum Gasteiger partial charge on any atom is 0.137 e. The van der Waals surface area contributed by atoms with E-state index < -0.39 is 0 Å². The molecule has 0 aliphatic rings. The zero-order valence-electron chi connectivity index (χ0n) is 31.9. The van der Waals surface area contributed by atoms with Crippen LogP contribution in [0.5, 0.6) is 0 Å². The van der Waals surface area contributed by atoms with E-state index in [1.54, 1.807) is 0 Å². The molecule has 276 valence electrons. The van der Waals surface area contributed by atoms with E-state index in [-0.39, 0.29) is 0 Å². The van der Waals surface area contributed by atoms with Crippen molar-refractivity contribution in [3.8, 4) is 22.5 Å². The van der Waals surface area contributed by atoms with Crippen molar-refractivity contribution in [3.05, 3.63) is 205 Å². The van der Waals surface area contributed by atoms with Gasteiger partial charge in [-0.2, -0.15) is 0 Å². The summed E-state index contributed by atoms with van der Waals surface area (Å²) in [5.41, 5.74) is 15.2. The van der Waals surface area contributed by atoms with E-state index in [1.807, 2.05) is 6.07 Å². The van der Waals surface area contributed by atoms with Gasteiger partial charge < -0.3 is 18.0 Å². The van der Waals surface area contributed by atoms with Crippen molar-refractivity contribution in [2.75, 3.05) is 0 Å². The molecule has 4 heteroatoms. The smallest absolute Gasteiger partial charge is 0.137 e. The monoisotopic (exact) mass is 754 g/mol. The lowest BCUT2D eigenvalue weighted by molar-refractivity contribution is 0.669. The summed E-state index contributed by atoms with van der Waals surface area (Å²) in [6, 6.07) is 69.8. The van der Waals surface area contributed by atoms with Crippen molar-refractivity contribution >= 4 is 87.5 Å². The molecule has 0 bridgehead atoms. The highest BCUT2D eigenvalue weighted by atomic mass is 16.3. The maximum atomic E-state index is 6.74. The van der Waals surface area contributed by atoms with Crippen LogP contribution >= 0.6 is 0 Å². The highest BCUT2D eigenvalue weighted by Gasteiger charge is 2.20. The van der Waals surface area contributed by atoms with Crippen molar-refractivity contribution in [1.82, 2.24) is 9.13 Å². The fourth-order valence-electron chi connectivity index (χ4n) is 9.61. The predicted octanol–water partition coefficient (Wildman–Crippen LogP) is 14.9. The van der Waals surface area contributed by atoms with Gasteiger partial charge in [0.1, 0.15) is 22.3 Å². The summed E-state index contributed by atoms with van der Waals surface area (Å²) < 4.78 is 17.9. The Hall–Kier alpha value is -7.82. The molecular formula is C55H34N2O2. The molecule has 0 saturated carbocycles. The molecule has 4 aromatic heterocycles. The fraction of sp³-hybridized carbons (Fsp3) is 0.0182. The average Bonchev–Trinajstić information content (AvgIpc) is 4.02. The lowest BCUT2D eigenvalue weighted by Crippen LogP contribution is -1.96. The first-order chi connectivity index (χ1) is 29.2. The number of benzene rings is 9. The zero-order valence-corrected chi connectivity index (χ0v) is 31.9. The van der Waals surface area contributed by atoms with Gasteiger partial charge in [0.2, 0.25) is 0 Å². The highest BCUT2D eigenvalue weighted by Crippen LogP contribution is 2.42. The highest BCUT2D eigenvalue weighted by molar-refractivity contribution is 6.19. The minimum Gasteiger partial charge on any atom is -0.456 e. The zero-order chi connectivity index (χ0) is 38.6. The molecule has 0 N–H and O–H groups in total. The molecule has 0 fully saturated rings. The molecule has 13 aromatic rings. The Labute approximate surface area is 338 Å². The average molecular weight is 755 g/mol. The molecule has 0 aliphatic heterocycles. The van der Waals surface area contributed by atoms with E-state index in [9.17, 15) is 0 Å². The molecule has 0 aliphatic carbocycles. The molecule has 59 heavy (non-hydrogen) atoms. The molecule has 9 aromatic carbocycles. The van der Waals surface area contributed by atoms with E-state index in [4.69, 9.17) is 8.83 Å². The van der Waals surface area contributed by atoms with Crippen molar-refractivity contribution in [3.63, 3.8) is 0 Å². The lowest BCUT2D eigenvalue weighted by Gasteiger charge is -2.11. The molecule has 0 saturated heterocycles. The van der Waals surface area contributed by atoms with Crippen LogP contribution in [0.1, 0.15) is 11.1 Å². The van der Waals surface area contributed by atoms with Gasteiger partial charge in [-0.3, -0.25) is 0 Å². The molecule has 0 amide bonds. The normalized spacial score (nSPS) is 12.1. The summed E-state index contributed by atoms with van der Waals surface area (Å²) in [7, 11) is 0. The van der Waals surface area contributed by atoms with Gasteiger partial charge in [-0.1, -0.05) is 109 Å². The van der Waals surface area contributed by atoms with Crippen LogP contribution in [0.3, 0.4) is 0 Å². The first kappa shape index (κ1) is 32.3. The Kier molecular flexibility index (Phi) is 6.75. The molecular weight excluding hydrogens is 721 g/mol. The topological polar surface area (TPSA) is 36.1 Å². The van der Waals surface area contributed by atoms with Gasteiger partial charge in [-0.05, 0) is 101 Å². The summed E-state index contributed by atoms with van der Waals surface area (Å²) in [5, 5.41) is 9.33. The van der Waals surface area contributed by atoms with Gasteiger partial charge in [0.15, 0.2) is 0 Å². The Balaban J connectivity index is 0.990. The van der Waals surface area contributed by atoms with Crippen LogP contribution < -0.4 is 0 Å². The Morgan fingerprint density at radius 2 is 0.831 bits per heavy atom. The Morgan fingerprint density at radius 3 is 1.64 bits per heavy atom. The number of rotatable bonds is 5. The van der Waals surface area contributed by atoms with Crippen molar-refractivity contribution < 1.29 is 8.83 Å². The second-order valence-electron chi connectivity index (χ2n) is 15.7. The number of para-hydroxylation sites is 3. The van der Waals surface area contributed by atoms with Crippen LogP contribution in [-0.4, -0.2) is 9.13 Å². The van der Waals surface area contributed by atoms with Crippen LogP contribution in [0, 0.1) is 0 Å². The number of hydrogen-bond donors (Lipinski definition) is 0. The standard InChI is InChI=1S/C55H34N2O2/c1-3-12-34(13-4-1)26-35-14-11-17-39(27-35)57-49-25-23-36(28-43(49)45-31-46-41-19-8-10-21-52(41)58-54(46)33-51(45)57)37-22-24-42-47-30-44-40-18-7-9-20-48(40)56(38-15-5-2-6-16-38)50(44)32-55(47)59-53(42)29-37/h1-25,27-33H,26H2. The van der Waals surface area contributed by atoms with Gasteiger partial charge in [-0.25, -0.2) is 0 Å². The summed E-state index contributed by atoms with van der Waals surface area (Å²) in [6.07, 6.45) is 0.870. The lowest BCUT2D eigenvalue weighted by atomic mass is 10.0. The summed E-state index contributed by atoms with van der Waals surface area (Å²) in [5.74, 6) is 0.